The van der Waals surface area contributed by atoms with Crippen molar-refractivity contribution in [1.82, 2.24) is 0 Å². The molecule has 0 bridgehead atoms. The first kappa shape index (κ1) is 22.8. The maximum absolute atomic E-state index is 11.9. The quantitative estimate of drug-likeness (QED) is 0.421. The molecule has 1 aliphatic heterocycles. The number of hydrogen-bond donors (Lipinski definition) is 5. The topological polar surface area (TPSA) is 137 Å². The minimum absolute atomic E-state index is 0.0635. The first-order valence-electron chi connectivity index (χ1n) is 10.4. The number of allylic oxidation sites excluding steroid dienone is 2. The molecule has 8 nitrogen and oxygen atoms in total. The van der Waals surface area contributed by atoms with E-state index in [2.05, 4.69) is 6.92 Å². The molecular formula is C21H34O8. The maximum Gasteiger partial charge on any atom is 0.186 e. The van der Waals surface area contributed by atoms with Gasteiger partial charge in [0.2, 0.25) is 0 Å². The molecule has 166 valence electrons. The summed E-state index contributed by atoms with van der Waals surface area (Å²) in [7, 11) is 0. The molecular weight excluding hydrogens is 380 g/mol. The Morgan fingerprint density at radius 1 is 1.28 bits per heavy atom. The van der Waals surface area contributed by atoms with Gasteiger partial charge in [-0.25, -0.2) is 0 Å². The first-order chi connectivity index (χ1) is 13.5. The van der Waals surface area contributed by atoms with Gasteiger partial charge in [0.05, 0.1) is 18.8 Å². The highest BCUT2D eigenvalue weighted by Crippen LogP contribution is 2.56. The molecule has 2 aliphatic carbocycles. The van der Waals surface area contributed by atoms with Crippen molar-refractivity contribution in [1.29, 1.82) is 0 Å². The number of rotatable bonds is 5. The fraction of sp³-hybridized carbons (Fsp3) is 0.857. The molecule has 0 amide bonds. The van der Waals surface area contributed by atoms with E-state index in [-0.39, 0.29) is 29.6 Å². The summed E-state index contributed by atoms with van der Waals surface area (Å²) in [6.45, 7) is 5.10. The molecule has 1 saturated heterocycles. The molecule has 29 heavy (non-hydrogen) atoms. The van der Waals surface area contributed by atoms with Crippen molar-refractivity contribution in [3.63, 3.8) is 0 Å². The highest BCUT2D eigenvalue weighted by atomic mass is 16.7. The molecule has 0 aromatic carbocycles. The monoisotopic (exact) mass is 414 g/mol. The lowest BCUT2D eigenvalue weighted by Gasteiger charge is -2.42. The Hall–Kier alpha value is -0.870. The van der Waals surface area contributed by atoms with E-state index in [4.69, 9.17) is 9.47 Å². The Labute approximate surface area is 171 Å². The summed E-state index contributed by atoms with van der Waals surface area (Å²) in [5.74, 6) is 0.306. The molecule has 2 fully saturated rings. The van der Waals surface area contributed by atoms with Crippen molar-refractivity contribution in [2.45, 2.75) is 82.8 Å². The van der Waals surface area contributed by atoms with Crippen molar-refractivity contribution in [3.05, 3.63) is 11.6 Å². The van der Waals surface area contributed by atoms with Crippen molar-refractivity contribution < 1.29 is 39.8 Å². The maximum atomic E-state index is 11.9. The lowest BCUT2D eigenvalue weighted by Crippen LogP contribution is -2.59. The molecule has 0 radical (unpaired) electrons. The number of ketones is 1. The van der Waals surface area contributed by atoms with Crippen LogP contribution in [0, 0.1) is 17.3 Å². The summed E-state index contributed by atoms with van der Waals surface area (Å²) in [5, 5.41) is 50.2. The average molecular weight is 414 g/mol. The molecule has 3 rings (SSSR count). The Bertz CT molecular complexity index is 645. The van der Waals surface area contributed by atoms with E-state index in [0.717, 1.165) is 24.8 Å². The Morgan fingerprint density at radius 2 is 1.97 bits per heavy atom. The SMILES string of the molecule is CC1=CC(=O)C[C@H](C)[C@@]12CC[C@@H]([C@@](C)(O)CO[C@@H]1O[C@H](CO)[C@@H](O)[C@H](O)[C@H]1O)C2. The van der Waals surface area contributed by atoms with E-state index in [9.17, 15) is 30.3 Å². The molecule has 1 saturated carbocycles. The molecule has 0 aromatic heterocycles. The van der Waals surface area contributed by atoms with Gasteiger partial charge >= 0.3 is 0 Å². The lowest BCUT2D eigenvalue weighted by molar-refractivity contribution is -0.309. The van der Waals surface area contributed by atoms with Crippen LogP contribution in [0.3, 0.4) is 0 Å². The van der Waals surface area contributed by atoms with Gasteiger partial charge in [0.15, 0.2) is 12.1 Å². The number of aliphatic hydroxyl groups excluding tert-OH is 4. The molecule has 8 heteroatoms. The van der Waals surface area contributed by atoms with Gasteiger partial charge in [-0.15, -0.1) is 0 Å². The third-order valence-electron chi connectivity index (χ3n) is 7.43. The van der Waals surface area contributed by atoms with Gasteiger partial charge in [-0.3, -0.25) is 4.79 Å². The zero-order valence-corrected chi connectivity index (χ0v) is 17.3. The molecule has 3 aliphatic rings. The normalized spacial score (nSPS) is 45.3. The summed E-state index contributed by atoms with van der Waals surface area (Å²) in [5.41, 5.74) is -0.218. The fourth-order valence-electron chi connectivity index (χ4n) is 5.32. The largest absolute Gasteiger partial charge is 0.394 e. The third kappa shape index (κ3) is 4.17. The summed E-state index contributed by atoms with van der Waals surface area (Å²) in [6, 6.07) is 0. The van der Waals surface area contributed by atoms with Gasteiger partial charge in [0, 0.05) is 6.42 Å². The van der Waals surface area contributed by atoms with Crippen LogP contribution in [0.4, 0.5) is 0 Å². The molecule has 9 atom stereocenters. The fourth-order valence-corrected chi connectivity index (χ4v) is 5.32. The van der Waals surface area contributed by atoms with Crippen molar-refractivity contribution in [2.24, 2.45) is 17.3 Å². The van der Waals surface area contributed by atoms with E-state index in [1.807, 2.05) is 6.92 Å². The first-order valence-corrected chi connectivity index (χ1v) is 10.4. The van der Waals surface area contributed by atoms with E-state index in [0.29, 0.717) is 6.42 Å². The average Bonchev–Trinajstić information content (AvgIpc) is 3.12. The van der Waals surface area contributed by atoms with E-state index in [1.165, 1.54) is 0 Å². The van der Waals surface area contributed by atoms with Gasteiger partial charge in [-0.2, -0.15) is 0 Å². The second-order valence-corrected chi connectivity index (χ2v) is 9.36. The molecule has 1 spiro atoms. The van der Waals surface area contributed by atoms with Crippen LogP contribution < -0.4 is 0 Å². The van der Waals surface area contributed by atoms with Crippen LogP contribution in [0.2, 0.25) is 0 Å². The minimum Gasteiger partial charge on any atom is -0.394 e. The second-order valence-electron chi connectivity index (χ2n) is 9.36. The van der Waals surface area contributed by atoms with Gasteiger partial charge < -0.3 is 35.0 Å². The molecule has 5 N–H and O–H groups in total. The minimum atomic E-state index is -1.51. The van der Waals surface area contributed by atoms with Crippen LogP contribution in [0.1, 0.15) is 46.5 Å². The van der Waals surface area contributed by atoms with Crippen LogP contribution in [-0.4, -0.2) is 80.8 Å². The molecule has 0 unspecified atom stereocenters. The van der Waals surface area contributed by atoms with Crippen molar-refractivity contribution >= 4 is 5.78 Å². The molecule has 0 aromatic rings. The second kappa shape index (κ2) is 8.34. The number of carbonyl (C=O) groups is 1. The highest BCUT2D eigenvalue weighted by molar-refractivity contribution is 5.91. The van der Waals surface area contributed by atoms with Crippen LogP contribution in [0.15, 0.2) is 11.6 Å². The van der Waals surface area contributed by atoms with E-state index in [1.54, 1.807) is 13.0 Å². The summed E-state index contributed by atoms with van der Waals surface area (Å²) in [6.07, 6.45) is -2.09. The van der Waals surface area contributed by atoms with Gasteiger partial charge in [0.1, 0.15) is 24.4 Å². The number of carbonyl (C=O) groups excluding carboxylic acids is 1. The van der Waals surface area contributed by atoms with Gasteiger partial charge in [-0.05, 0) is 56.4 Å². The van der Waals surface area contributed by atoms with Crippen LogP contribution in [-0.2, 0) is 14.3 Å². The Kier molecular flexibility index (Phi) is 6.56. The standard InChI is InChI=1S/C21H34O8/c1-11-6-14(23)7-12(2)21(11)5-4-13(8-21)20(3,27)10-28-19-18(26)17(25)16(24)15(9-22)29-19/h6,12-13,15-19,22,24-27H,4-5,7-10H2,1-3H3/t12-,13+,15+,16+,17-,18+,19+,20-,21+/m0/s1. The zero-order chi connectivity index (χ0) is 21.6. The van der Waals surface area contributed by atoms with Crippen LogP contribution in [0.5, 0.6) is 0 Å². The summed E-state index contributed by atoms with van der Waals surface area (Å²) in [4.78, 5) is 11.9. The lowest BCUT2D eigenvalue weighted by atomic mass is 9.64. The number of aliphatic hydroxyl groups is 5. The number of hydrogen-bond acceptors (Lipinski definition) is 8. The highest BCUT2D eigenvalue weighted by Gasteiger charge is 2.51. The van der Waals surface area contributed by atoms with Crippen LogP contribution in [0.25, 0.3) is 0 Å². The van der Waals surface area contributed by atoms with E-state index >= 15 is 0 Å². The van der Waals surface area contributed by atoms with Crippen LogP contribution >= 0.6 is 0 Å². The third-order valence-corrected chi connectivity index (χ3v) is 7.43. The summed E-state index contributed by atoms with van der Waals surface area (Å²) < 4.78 is 11.0. The van der Waals surface area contributed by atoms with E-state index < -0.39 is 42.9 Å². The Morgan fingerprint density at radius 3 is 2.59 bits per heavy atom. The number of ether oxygens (including phenoxy) is 2. The predicted molar refractivity (Wildman–Crippen MR) is 103 cm³/mol. The van der Waals surface area contributed by atoms with Gasteiger partial charge in [-0.1, -0.05) is 12.5 Å². The van der Waals surface area contributed by atoms with Gasteiger partial charge in [0.25, 0.3) is 0 Å². The van der Waals surface area contributed by atoms with Crippen molar-refractivity contribution in [3.8, 4) is 0 Å². The summed E-state index contributed by atoms with van der Waals surface area (Å²) >= 11 is 0. The Balaban J connectivity index is 1.65. The smallest absolute Gasteiger partial charge is 0.186 e. The predicted octanol–water partition coefficient (Wildman–Crippen LogP) is -0.104. The molecule has 1 heterocycles. The van der Waals surface area contributed by atoms with Crippen molar-refractivity contribution in [2.75, 3.05) is 13.2 Å². The zero-order valence-electron chi connectivity index (χ0n) is 17.3.